The van der Waals surface area contributed by atoms with E-state index >= 15 is 0 Å². The Labute approximate surface area is 188 Å². The molecular formula is C26H28O6. The summed E-state index contributed by atoms with van der Waals surface area (Å²) in [4.78, 5) is 11.6. The van der Waals surface area contributed by atoms with Crippen molar-refractivity contribution in [2.45, 2.75) is 11.7 Å². The molecule has 0 amide bonds. The van der Waals surface area contributed by atoms with Gasteiger partial charge in [0.05, 0.1) is 34.0 Å². The lowest BCUT2D eigenvalue weighted by molar-refractivity contribution is -0.127. The van der Waals surface area contributed by atoms with Gasteiger partial charge in [-0.15, -0.1) is 0 Å². The number of hydrogen-bond donors (Lipinski definition) is 1. The predicted octanol–water partition coefficient (Wildman–Crippen LogP) is 3.59. The van der Waals surface area contributed by atoms with Crippen molar-refractivity contribution in [3.05, 3.63) is 95.6 Å². The lowest BCUT2D eigenvalue weighted by atomic mass is 9.80. The van der Waals surface area contributed by atoms with Crippen molar-refractivity contribution in [1.29, 1.82) is 0 Å². The molecule has 0 fully saturated rings. The number of carbonyl (C=O) groups is 1. The van der Waals surface area contributed by atoms with Gasteiger partial charge in [0.1, 0.15) is 23.2 Å². The molecule has 3 aromatic rings. The number of benzene rings is 3. The Morgan fingerprint density at radius 2 is 1.31 bits per heavy atom. The van der Waals surface area contributed by atoms with Crippen molar-refractivity contribution >= 4 is 6.29 Å². The van der Waals surface area contributed by atoms with Gasteiger partial charge in [0, 0.05) is 0 Å². The summed E-state index contributed by atoms with van der Waals surface area (Å²) < 4.78 is 22.7. The Morgan fingerprint density at radius 3 is 1.75 bits per heavy atom. The molecule has 0 aliphatic carbocycles. The first kappa shape index (κ1) is 23.5. The molecule has 0 aromatic heterocycles. The van der Waals surface area contributed by atoms with E-state index in [1.165, 1.54) is 0 Å². The summed E-state index contributed by atoms with van der Waals surface area (Å²) in [6.45, 7) is -0.127. The van der Waals surface area contributed by atoms with Crippen LogP contribution in [0.15, 0.2) is 78.9 Å². The largest absolute Gasteiger partial charge is 0.497 e. The Morgan fingerprint density at radius 1 is 0.812 bits per heavy atom. The fourth-order valence-corrected chi connectivity index (χ4v) is 3.61. The Kier molecular flexibility index (Phi) is 8.39. The summed E-state index contributed by atoms with van der Waals surface area (Å²) in [6.07, 6.45) is -0.130. The number of aldehydes is 1. The van der Waals surface area contributed by atoms with Gasteiger partial charge in [0.2, 0.25) is 0 Å². The second-order valence-electron chi connectivity index (χ2n) is 7.08. The molecule has 0 aliphatic heterocycles. The lowest BCUT2D eigenvalue weighted by Gasteiger charge is -2.36. The average Bonchev–Trinajstić information content (AvgIpc) is 2.87. The van der Waals surface area contributed by atoms with E-state index in [1.807, 2.05) is 78.9 Å². The highest BCUT2D eigenvalue weighted by atomic mass is 16.5. The van der Waals surface area contributed by atoms with Gasteiger partial charge in [0.15, 0.2) is 6.29 Å². The number of methoxy groups -OCH3 is 2. The van der Waals surface area contributed by atoms with Crippen molar-refractivity contribution in [2.75, 3.05) is 34.0 Å². The third-order valence-electron chi connectivity index (χ3n) is 5.21. The average molecular weight is 437 g/mol. The SMILES string of the molecule is COc1ccc(C(OC[C@@H](C=O)OCCO)(c2ccccc2)c2ccc(OC)cc2)cc1. The maximum Gasteiger partial charge on any atom is 0.151 e. The molecule has 0 heterocycles. The molecule has 3 aromatic carbocycles. The number of rotatable bonds is 12. The zero-order valence-electron chi connectivity index (χ0n) is 18.3. The second kappa shape index (κ2) is 11.4. The molecule has 3 rings (SSSR count). The first-order chi connectivity index (χ1) is 15.7. The van der Waals surface area contributed by atoms with E-state index < -0.39 is 11.7 Å². The molecule has 0 saturated carbocycles. The molecule has 6 heteroatoms. The predicted molar refractivity (Wildman–Crippen MR) is 121 cm³/mol. The van der Waals surface area contributed by atoms with Crippen molar-refractivity contribution in [2.24, 2.45) is 0 Å². The molecule has 0 saturated heterocycles. The number of carbonyl (C=O) groups excluding carboxylic acids is 1. The van der Waals surface area contributed by atoms with E-state index in [9.17, 15) is 4.79 Å². The first-order valence-electron chi connectivity index (χ1n) is 10.3. The topological polar surface area (TPSA) is 74.2 Å². The van der Waals surface area contributed by atoms with Crippen LogP contribution < -0.4 is 9.47 Å². The first-order valence-corrected chi connectivity index (χ1v) is 10.3. The van der Waals surface area contributed by atoms with Gasteiger partial charge in [-0.05, 0) is 41.0 Å². The van der Waals surface area contributed by atoms with E-state index in [4.69, 9.17) is 24.1 Å². The Hall–Kier alpha value is -3.19. The van der Waals surface area contributed by atoms with Crippen molar-refractivity contribution in [1.82, 2.24) is 0 Å². The van der Waals surface area contributed by atoms with Gasteiger partial charge < -0.3 is 28.8 Å². The van der Waals surface area contributed by atoms with Crippen molar-refractivity contribution < 1.29 is 28.8 Å². The molecule has 32 heavy (non-hydrogen) atoms. The highest BCUT2D eigenvalue weighted by Gasteiger charge is 2.38. The zero-order chi connectivity index (χ0) is 22.8. The lowest BCUT2D eigenvalue weighted by Crippen LogP contribution is -2.37. The van der Waals surface area contributed by atoms with Crippen LogP contribution in [0.2, 0.25) is 0 Å². The fraction of sp³-hybridized carbons (Fsp3) is 0.269. The molecule has 0 bridgehead atoms. The third-order valence-corrected chi connectivity index (χ3v) is 5.21. The van der Waals surface area contributed by atoms with E-state index in [1.54, 1.807) is 14.2 Å². The van der Waals surface area contributed by atoms with Crippen LogP contribution in [0.3, 0.4) is 0 Å². The van der Waals surface area contributed by atoms with E-state index in [2.05, 4.69) is 0 Å². The van der Waals surface area contributed by atoms with Crippen LogP contribution in [-0.2, 0) is 19.9 Å². The minimum absolute atomic E-state index is 0.00352. The fourth-order valence-electron chi connectivity index (χ4n) is 3.61. The van der Waals surface area contributed by atoms with E-state index in [-0.39, 0.29) is 19.8 Å². The maximum atomic E-state index is 11.6. The van der Waals surface area contributed by atoms with Crippen molar-refractivity contribution in [3.63, 3.8) is 0 Å². The molecule has 6 nitrogen and oxygen atoms in total. The van der Waals surface area contributed by atoms with Crippen LogP contribution in [0.4, 0.5) is 0 Å². The number of aliphatic hydroxyl groups is 1. The molecule has 0 spiro atoms. The van der Waals surface area contributed by atoms with Crippen LogP contribution in [0, 0.1) is 0 Å². The summed E-state index contributed by atoms with van der Waals surface area (Å²) in [5, 5.41) is 9.07. The summed E-state index contributed by atoms with van der Waals surface area (Å²) >= 11 is 0. The quantitative estimate of drug-likeness (QED) is 0.346. The Balaban J connectivity index is 2.15. The zero-order valence-corrected chi connectivity index (χ0v) is 18.3. The molecule has 0 radical (unpaired) electrons. The van der Waals surface area contributed by atoms with Gasteiger partial charge in [-0.25, -0.2) is 0 Å². The number of ether oxygens (including phenoxy) is 4. The molecule has 0 unspecified atom stereocenters. The smallest absolute Gasteiger partial charge is 0.151 e. The van der Waals surface area contributed by atoms with Crippen LogP contribution >= 0.6 is 0 Å². The maximum absolute atomic E-state index is 11.6. The minimum Gasteiger partial charge on any atom is -0.497 e. The number of hydrogen-bond acceptors (Lipinski definition) is 6. The van der Waals surface area contributed by atoms with Crippen LogP contribution in [-0.4, -0.2) is 51.5 Å². The summed E-state index contributed by atoms with van der Waals surface area (Å²) in [5.41, 5.74) is 1.59. The van der Waals surface area contributed by atoms with E-state index in [0.29, 0.717) is 6.29 Å². The van der Waals surface area contributed by atoms with Gasteiger partial charge in [0.25, 0.3) is 0 Å². The summed E-state index contributed by atoms with van der Waals surface area (Å²) in [6, 6.07) is 25.1. The normalized spacial score (nSPS) is 12.2. The number of aliphatic hydroxyl groups excluding tert-OH is 1. The van der Waals surface area contributed by atoms with Gasteiger partial charge in [-0.3, -0.25) is 0 Å². The van der Waals surface area contributed by atoms with Crippen LogP contribution in [0.5, 0.6) is 11.5 Å². The van der Waals surface area contributed by atoms with Gasteiger partial charge >= 0.3 is 0 Å². The highest BCUT2D eigenvalue weighted by molar-refractivity contribution is 5.56. The highest BCUT2D eigenvalue weighted by Crippen LogP contribution is 2.41. The molecule has 0 aliphatic rings. The molecule has 1 atom stereocenters. The molecule has 1 N–H and O–H groups in total. The Bertz CT molecular complexity index is 906. The summed E-state index contributed by atoms with van der Waals surface area (Å²) in [5.74, 6) is 1.45. The standard InChI is InChI=1S/C26H28O6/c1-29-23-12-8-21(9-13-23)26(20-6-4-3-5-7-20,22-10-14-24(30-2)15-11-22)32-19-25(18-28)31-17-16-27/h3-15,18,25,27H,16-17,19H2,1-2H3/t25-/m1/s1. The van der Waals surface area contributed by atoms with Gasteiger partial charge in [-0.1, -0.05) is 54.6 Å². The van der Waals surface area contributed by atoms with Crippen LogP contribution in [0.1, 0.15) is 16.7 Å². The third kappa shape index (κ3) is 5.16. The van der Waals surface area contributed by atoms with Gasteiger partial charge in [-0.2, -0.15) is 0 Å². The summed E-state index contributed by atoms with van der Waals surface area (Å²) in [7, 11) is 3.24. The molecular weight excluding hydrogens is 408 g/mol. The van der Waals surface area contributed by atoms with E-state index in [0.717, 1.165) is 28.2 Å². The second-order valence-corrected chi connectivity index (χ2v) is 7.08. The van der Waals surface area contributed by atoms with Crippen molar-refractivity contribution in [3.8, 4) is 11.5 Å². The minimum atomic E-state index is -1.02. The molecule has 168 valence electrons. The van der Waals surface area contributed by atoms with Crippen LogP contribution in [0.25, 0.3) is 0 Å². The monoisotopic (exact) mass is 436 g/mol.